The summed E-state index contributed by atoms with van der Waals surface area (Å²) >= 11 is 1.06. The van der Waals surface area contributed by atoms with Gasteiger partial charge in [0.05, 0.1) is 11.3 Å². The third-order valence-corrected chi connectivity index (χ3v) is 8.22. The zero-order chi connectivity index (χ0) is 24.2. The van der Waals surface area contributed by atoms with Gasteiger partial charge in [0.1, 0.15) is 0 Å². The first kappa shape index (κ1) is 25.1. The van der Waals surface area contributed by atoms with Crippen LogP contribution in [0, 0.1) is 18.8 Å². The van der Waals surface area contributed by atoms with Crippen LogP contribution in [0.15, 0.2) is 39.3 Å². The van der Waals surface area contributed by atoms with Crippen LogP contribution in [0.2, 0.25) is 0 Å². The van der Waals surface area contributed by atoms with E-state index in [9.17, 15) is 22.8 Å². The van der Waals surface area contributed by atoms with Crippen molar-refractivity contribution in [3.05, 3.63) is 45.0 Å². The first-order valence-electron chi connectivity index (χ1n) is 10.8. The van der Waals surface area contributed by atoms with Gasteiger partial charge in [0, 0.05) is 36.4 Å². The molecule has 0 aliphatic carbocycles. The van der Waals surface area contributed by atoms with Gasteiger partial charge in [-0.25, -0.2) is 8.42 Å². The fourth-order valence-corrected chi connectivity index (χ4v) is 6.39. The topological polar surface area (TPSA) is 115 Å². The molecule has 1 aliphatic heterocycles. The Balaban J connectivity index is 1.49. The monoisotopic (exact) mass is 495 g/mol. The van der Waals surface area contributed by atoms with Crippen LogP contribution in [0.25, 0.3) is 0 Å². The summed E-state index contributed by atoms with van der Waals surface area (Å²) in [4.78, 5) is 35.7. The summed E-state index contributed by atoms with van der Waals surface area (Å²) < 4.78 is 33.8. The lowest BCUT2D eigenvalue weighted by Crippen LogP contribution is -2.42. The van der Waals surface area contributed by atoms with E-state index in [1.165, 1.54) is 33.1 Å². The average molecular weight is 496 g/mol. The Hall–Kier alpha value is -2.50. The summed E-state index contributed by atoms with van der Waals surface area (Å²) in [5.74, 6) is -0.518. The van der Waals surface area contributed by atoms with Gasteiger partial charge in [-0.15, -0.1) is 0 Å². The minimum Gasteiger partial charge on any atom is -0.456 e. The summed E-state index contributed by atoms with van der Waals surface area (Å²) in [6.07, 6.45) is 0.985. The number of anilines is 1. The highest BCUT2D eigenvalue weighted by Crippen LogP contribution is 2.27. The number of esters is 1. The van der Waals surface area contributed by atoms with Gasteiger partial charge in [0.2, 0.25) is 10.0 Å². The minimum absolute atomic E-state index is 0.0228. The lowest BCUT2D eigenvalue weighted by Gasteiger charge is -2.34. The van der Waals surface area contributed by atoms with E-state index in [0.29, 0.717) is 30.6 Å². The van der Waals surface area contributed by atoms with Crippen molar-refractivity contribution in [1.29, 1.82) is 0 Å². The van der Waals surface area contributed by atoms with E-state index in [1.54, 1.807) is 12.3 Å². The molecule has 1 N–H and O–H groups in total. The number of nitrogens with zero attached hydrogens (tertiary/aromatic N) is 2. The van der Waals surface area contributed by atoms with E-state index in [4.69, 9.17) is 4.74 Å². The van der Waals surface area contributed by atoms with Crippen molar-refractivity contribution in [2.45, 2.75) is 45.1 Å². The summed E-state index contributed by atoms with van der Waals surface area (Å²) in [5, 5.41) is 4.29. The highest BCUT2D eigenvalue weighted by Gasteiger charge is 2.31. The number of carbonyl (C=O) groups excluding carboxylic acids is 2. The fourth-order valence-electron chi connectivity index (χ4n) is 3.95. The van der Waals surface area contributed by atoms with Crippen molar-refractivity contribution in [3.63, 3.8) is 0 Å². The quantitative estimate of drug-likeness (QED) is 0.563. The Labute approximate surface area is 197 Å². The van der Waals surface area contributed by atoms with Gasteiger partial charge in [-0.2, -0.15) is 4.31 Å². The molecule has 0 saturated carbocycles. The van der Waals surface area contributed by atoms with Crippen LogP contribution in [0.3, 0.4) is 0 Å². The molecular formula is C22H29N3O6S2. The predicted molar refractivity (Wildman–Crippen MR) is 126 cm³/mol. The van der Waals surface area contributed by atoms with Crippen LogP contribution in [-0.4, -0.2) is 48.9 Å². The van der Waals surface area contributed by atoms with E-state index in [1.807, 2.05) is 13.8 Å². The van der Waals surface area contributed by atoms with Crippen LogP contribution in [-0.2, 0) is 30.9 Å². The second-order valence-electron chi connectivity index (χ2n) is 8.55. The SMILES string of the molecule is Cc1csc(=O)n1CCC(=O)OCC(=O)Nc1ccc(S(=O)(=O)N2CC(C)CC(C)C2)cc1. The van der Waals surface area contributed by atoms with Gasteiger partial charge in [-0.3, -0.25) is 14.4 Å². The van der Waals surface area contributed by atoms with Gasteiger partial charge >= 0.3 is 10.8 Å². The normalized spacial score (nSPS) is 19.2. The summed E-state index contributed by atoms with van der Waals surface area (Å²) in [6.45, 7) is 6.59. The molecule has 2 atom stereocenters. The van der Waals surface area contributed by atoms with Crippen LogP contribution in [0.1, 0.15) is 32.4 Å². The molecule has 2 heterocycles. The van der Waals surface area contributed by atoms with Gasteiger partial charge in [-0.1, -0.05) is 25.2 Å². The number of aryl methyl sites for hydroxylation is 1. The maximum absolute atomic E-state index is 12.9. The number of benzene rings is 1. The van der Waals surface area contributed by atoms with Crippen molar-refractivity contribution >= 4 is 38.9 Å². The number of hydrogen-bond acceptors (Lipinski definition) is 7. The van der Waals surface area contributed by atoms with Crippen LogP contribution in [0.5, 0.6) is 0 Å². The molecule has 0 spiro atoms. The van der Waals surface area contributed by atoms with Crippen molar-refractivity contribution in [2.24, 2.45) is 11.8 Å². The number of amides is 1. The van der Waals surface area contributed by atoms with Crippen LogP contribution in [0.4, 0.5) is 5.69 Å². The Morgan fingerprint density at radius 1 is 1.15 bits per heavy atom. The number of ether oxygens (including phenoxy) is 1. The van der Waals surface area contributed by atoms with Crippen LogP contribution < -0.4 is 10.2 Å². The molecule has 33 heavy (non-hydrogen) atoms. The number of hydrogen-bond donors (Lipinski definition) is 1. The number of nitrogens with one attached hydrogen (secondary N) is 1. The molecule has 1 aliphatic rings. The standard InChI is InChI=1S/C22H29N3O6S2/c1-15-10-16(2)12-24(11-15)33(29,30)19-6-4-18(5-7-19)23-20(26)13-31-21(27)8-9-25-17(3)14-32-22(25)28/h4-7,14-16H,8-13H2,1-3H3,(H,23,26). The second-order valence-corrected chi connectivity index (χ2v) is 11.3. The fraction of sp³-hybridized carbons (Fsp3) is 0.500. The van der Waals surface area contributed by atoms with E-state index < -0.39 is 28.5 Å². The lowest BCUT2D eigenvalue weighted by molar-refractivity contribution is -0.147. The Bertz CT molecular complexity index is 1140. The molecule has 180 valence electrons. The molecule has 1 aromatic heterocycles. The molecule has 0 bridgehead atoms. The average Bonchev–Trinajstić information content (AvgIpc) is 3.07. The van der Waals surface area contributed by atoms with E-state index in [0.717, 1.165) is 23.5 Å². The lowest BCUT2D eigenvalue weighted by atomic mass is 9.94. The summed E-state index contributed by atoms with van der Waals surface area (Å²) in [5.41, 5.74) is 1.17. The highest BCUT2D eigenvalue weighted by atomic mass is 32.2. The molecule has 1 aromatic carbocycles. The Morgan fingerprint density at radius 2 is 1.79 bits per heavy atom. The van der Waals surface area contributed by atoms with E-state index >= 15 is 0 Å². The number of rotatable bonds is 8. The molecule has 1 fully saturated rings. The minimum atomic E-state index is -3.60. The third-order valence-electron chi connectivity index (χ3n) is 5.49. The molecule has 2 unspecified atom stereocenters. The Kier molecular flexibility index (Phi) is 8.09. The number of piperidine rings is 1. The molecular weight excluding hydrogens is 466 g/mol. The maximum atomic E-state index is 12.9. The zero-order valence-corrected chi connectivity index (χ0v) is 20.6. The molecule has 11 heteroatoms. The predicted octanol–water partition coefficient (Wildman–Crippen LogP) is 2.46. The molecule has 0 radical (unpaired) electrons. The number of aromatic nitrogens is 1. The molecule has 9 nitrogen and oxygen atoms in total. The van der Waals surface area contributed by atoms with E-state index in [2.05, 4.69) is 5.32 Å². The van der Waals surface area contributed by atoms with Crippen molar-refractivity contribution < 1.29 is 22.7 Å². The number of thiazole rings is 1. The van der Waals surface area contributed by atoms with E-state index in [-0.39, 0.29) is 22.7 Å². The van der Waals surface area contributed by atoms with Gasteiger partial charge in [0.25, 0.3) is 5.91 Å². The maximum Gasteiger partial charge on any atom is 0.308 e. The van der Waals surface area contributed by atoms with Crippen molar-refractivity contribution in [1.82, 2.24) is 8.87 Å². The summed E-state index contributed by atoms with van der Waals surface area (Å²) in [7, 11) is -3.60. The first-order chi connectivity index (χ1) is 15.6. The second kappa shape index (κ2) is 10.6. The largest absolute Gasteiger partial charge is 0.456 e. The van der Waals surface area contributed by atoms with Crippen molar-refractivity contribution in [2.75, 3.05) is 25.0 Å². The number of carbonyl (C=O) groups is 2. The summed E-state index contributed by atoms with van der Waals surface area (Å²) in [6, 6.07) is 5.94. The number of sulfonamides is 1. The molecule has 3 rings (SSSR count). The van der Waals surface area contributed by atoms with Gasteiger partial charge < -0.3 is 14.6 Å². The smallest absolute Gasteiger partial charge is 0.308 e. The highest BCUT2D eigenvalue weighted by molar-refractivity contribution is 7.89. The first-order valence-corrected chi connectivity index (χ1v) is 13.1. The Morgan fingerprint density at radius 3 is 2.36 bits per heavy atom. The molecule has 1 saturated heterocycles. The molecule has 1 amide bonds. The molecule has 2 aromatic rings. The zero-order valence-electron chi connectivity index (χ0n) is 18.9. The van der Waals surface area contributed by atoms with Crippen molar-refractivity contribution in [3.8, 4) is 0 Å². The van der Waals surface area contributed by atoms with Gasteiger partial charge in [0.15, 0.2) is 6.61 Å². The third kappa shape index (κ3) is 6.52. The van der Waals surface area contributed by atoms with Crippen LogP contribution >= 0.6 is 11.3 Å². The van der Waals surface area contributed by atoms with Gasteiger partial charge in [-0.05, 0) is 49.4 Å².